The number of hydrogen-bond donors (Lipinski definition) is 11. The highest BCUT2D eigenvalue weighted by Crippen LogP contribution is 2.64. The Hall–Kier alpha value is 0.580. The van der Waals surface area contributed by atoms with E-state index in [9.17, 15) is 102 Å². The van der Waals surface area contributed by atoms with E-state index in [0.29, 0.717) is 65.9 Å². The SMILES string of the molecule is CC12CC3C(C)(O1)C(OS3(=O)=O)C2S.CC12OC3CC1S(=O)(=O)OC2C3S.CC1C2OC3C(OS(=O)(=O)C13)C2S.COC(=O)C12CC3OC1C(OS2(=O)=O)C3S.COC(=O)C1C2OC3C(OS(=O)(=O)C31)C2S.N#CC12CC3OC1C(OS2(=O)=O)C3S.N#CC1C2OC3C(OS(=O)(=O)C13)C2S.O=S1(=O)CC2C(S)C3CC1C2O3.O=S1(=O)CC2C(S)C3CC2C1C3.O=S1(=O)CCC(S)C1.O=S1(=O)CCC(S)O1. The van der Waals surface area contributed by atoms with Crippen LogP contribution in [0.15, 0.2) is 0 Å². The molecular weight excluding hydrogens is 2290 g/mol. The summed E-state index contributed by atoms with van der Waals surface area (Å²) in [4.78, 5) is 23.3. The third-order valence-corrected chi connectivity index (χ3v) is 60.3. The zero-order valence-electron chi connectivity index (χ0n) is 73.8. The highest BCUT2D eigenvalue weighted by Gasteiger charge is 2.82. The fourth-order valence-electron chi connectivity index (χ4n) is 26.2. The molecule has 0 aromatic rings. The first kappa shape index (κ1) is 109. The second-order valence-corrected chi connectivity index (χ2v) is 68.0. The van der Waals surface area contributed by atoms with Gasteiger partial charge in [-0.1, -0.05) is 6.92 Å². The van der Waals surface area contributed by atoms with Gasteiger partial charge in [-0.2, -0.15) is 204 Å². The van der Waals surface area contributed by atoms with Crippen molar-refractivity contribution in [2.45, 2.75) is 329 Å². The van der Waals surface area contributed by atoms with Crippen molar-refractivity contribution in [3.8, 4) is 12.1 Å². The predicted octanol–water partition coefficient (Wildman–Crippen LogP) is -2.42. The maximum atomic E-state index is 11.9. The first-order chi connectivity index (χ1) is 64.6. The van der Waals surface area contributed by atoms with Crippen LogP contribution in [0.1, 0.15) is 85.5 Å². The molecule has 0 spiro atoms. The second-order valence-electron chi connectivity index (χ2n) is 40.6. The van der Waals surface area contributed by atoms with E-state index in [1.807, 2.05) is 39.8 Å². The van der Waals surface area contributed by atoms with Crippen LogP contribution in [0, 0.1) is 64.1 Å². The summed E-state index contributed by atoms with van der Waals surface area (Å²) in [7, 11) is -34.4. The van der Waals surface area contributed by atoms with Crippen molar-refractivity contribution >= 4 is 261 Å². The number of carbonyl (C=O) groups excluding carboxylic acids is 2. The molecular formula is C74H102N2O42S22. The number of thiol groups is 11. The number of sulfone groups is 3. The molecule has 0 N–H and O–H groups in total. The summed E-state index contributed by atoms with van der Waals surface area (Å²) >= 11 is 46.7. The van der Waals surface area contributed by atoms with Gasteiger partial charge in [0, 0.05) is 46.8 Å². The van der Waals surface area contributed by atoms with Crippen LogP contribution in [-0.2, 0) is 201 Å². The molecule has 27 aliphatic heterocycles. The molecule has 140 heavy (non-hydrogen) atoms. The van der Waals surface area contributed by atoms with Crippen LogP contribution < -0.4 is 0 Å². The van der Waals surface area contributed by atoms with Crippen molar-refractivity contribution in [1.82, 2.24) is 0 Å². The van der Waals surface area contributed by atoms with E-state index < -0.39 is 265 Å². The van der Waals surface area contributed by atoms with Gasteiger partial charge in [0.15, 0.2) is 29.5 Å². The van der Waals surface area contributed by atoms with Gasteiger partial charge in [-0.05, 0) is 77.0 Å². The van der Waals surface area contributed by atoms with Gasteiger partial charge in [-0.15, -0.1) is 12.6 Å². The van der Waals surface area contributed by atoms with E-state index in [0.717, 1.165) is 26.4 Å². The van der Waals surface area contributed by atoms with Crippen molar-refractivity contribution in [2.75, 3.05) is 43.0 Å². The predicted molar refractivity (Wildman–Crippen MR) is 520 cm³/mol. The minimum atomic E-state index is -3.99. The highest BCUT2D eigenvalue weighted by atomic mass is 32.3. The molecule has 50 unspecified atom stereocenters. The van der Waals surface area contributed by atoms with Gasteiger partial charge in [0.1, 0.15) is 122 Å². The molecule has 0 aromatic carbocycles. The molecule has 44 nitrogen and oxygen atoms in total. The van der Waals surface area contributed by atoms with Gasteiger partial charge in [0.05, 0.1) is 163 Å². The van der Waals surface area contributed by atoms with Crippen molar-refractivity contribution in [3.63, 3.8) is 0 Å². The number of rotatable bonds is 2. The summed E-state index contributed by atoms with van der Waals surface area (Å²) in [5.41, 5.74) is -2.17. The van der Waals surface area contributed by atoms with Gasteiger partial charge in [0.2, 0.25) is 9.49 Å². The Labute approximate surface area is 871 Å². The molecule has 27 saturated heterocycles. The smallest absolute Gasteiger partial charge is 0.332 e. The standard InChI is InChI=1S/2C8H10O6S2.C8H12O4S2.C8H12O2S2.2C7H7NO4S2.2C7H10O4S2.C7H10O3S2.C4H8O2S2.C3H6O3S2/c1-12-8(9)2-3-6(15)4-5(13-3)7(2)16(10,11)14-4;1-12-7(9)8-2-3-5(15)4(6(8)13-3)14-16(8,10)11;1-7-3-4-8(2,12-7)5(6(7)13)11-14(4,9)10;9-12(10)3-6-5-1-4(8(6)11)2-7(5)12;8-2-7-1-3-5(13)4(6(7)11-3)12-14(7,9)10;8-1-2-3-6(13)4-5(11-3)7(2)14(9,10)12-4;1-7-4-2-3(10-7)5(12)6(7)11-13(4,8)9;1-2-3-6(12)4-5(10-3)7(2)13(8,9)11-4;8-12(9)2-3-6-5(12)1-4(10-6)7(3)11;5-8(6)2-1-4(7)3-8;4-8(5)2-1-3(7)6-8/h2-7,15H,1H3;3-6,15H,2H2,1H3;4-6,13H,3H2,1-2H3;4-8,11H,1-3H2;3-6,13H,1H2;2-7,13H;3-6,12H,2H2,1H3;2-7,12H,1H3;3-7,11H,1-2H2;4,7H,1-3H2;3,7H,1-2H2. The first-order valence-electron chi connectivity index (χ1n) is 44.4. The number of nitriles is 2. The van der Waals surface area contributed by atoms with Crippen LogP contribution in [0.2, 0.25) is 0 Å². The van der Waals surface area contributed by atoms with Crippen LogP contribution in [0.5, 0.6) is 0 Å². The summed E-state index contributed by atoms with van der Waals surface area (Å²) in [6.45, 7) is 7.42. The molecule has 29 rings (SSSR count). The maximum Gasteiger partial charge on any atom is 0.332 e. The number of fused-ring (bicyclic) bond motifs is 9. The van der Waals surface area contributed by atoms with Gasteiger partial charge < -0.3 is 47.4 Å². The Morgan fingerprint density at radius 1 is 0.407 bits per heavy atom. The quantitative estimate of drug-likeness (QED) is 0.0778. The minimum Gasteiger partial charge on any atom is -0.469 e. The van der Waals surface area contributed by atoms with Crippen LogP contribution in [0.25, 0.3) is 0 Å². The number of hydrogen-bond acceptors (Lipinski definition) is 55. The maximum absolute atomic E-state index is 11.9. The summed E-state index contributed by atoms with van der Waals surface area (Å²) in [5, 5.41) is 13.5. The number of esters is 2. The second kappa shape index (κ2) is 36.3. The molecule has 0 aromatic heterocycles. The van der Waals surface area contributed by atoms with E-state index >= 15 is 0 Å². The van der Waals surface area contributed by atoms with Crippen LogP contribution in [-0.4, -0.2) is 391 Å². The highest BCUT2D eigenvalue weighted by molar-refractivity contribution is 7.94. The molecule has 29 aliphatic rings. The number of nitrogens with zero attached hydrogens (tertiary/aromatic N) is 2. The molecule has 66 heteroatoms. The lowest BCUT2D eigenvalue weighted by molar-refractivity contribution is -0.147. The van der Waals surface area contributed by atoms with E-state index in [2.05, 4.69) is 153 Å². The van der Waals surface area contributed by atoms with E-state index in [-0.39, 0.29) is 144 Å². The van der Waals surface area contributed by atoms with Crippen molar-refractivity contribution < 1.29 is 183 Å². The summed E-state index contributed by atoms with van der Waals surface area (Å²) in [6, 6.07) is 3.82. The molecule has 29 fully saturated rings. The molecule has 2 saturated carbocycles. The molecule has 27 heterocycles. The molecule has 0 amide bonds. The van der Waals surface area contributed by atoms with Crippen LogP contribution in [0.3, 0.4) is 0 Å². The molecule has 0 radical (unpaired) electrons. The Bertz CT molecular complexity index is 6400. The van der Waals surface area contributed by atoms with Crippen molar-refractivity contribution in [2.24, 2.45) is 41.4 Å². The average Bonchev–Trinajstić information content (AvgIpc) is 1.54. The van der Waals surface area contributed by atoms with Gasteiger partial charge in [-0.25, -0.2) is 25.3 Å². The average molecular weight is 2400 g/mol. The zero-order valence-corrected chi connectivity index (χ0v) is 92.7. The van der Waals surface area contributed by atoms with Crippen molar-refractivity contribution in [1.29, 1.82) is 10.5 Å². The Kier molecular flexibility index (Phi) is 28.3. The summed E-state index contributed by atoms with van der Waals surface area (Å²) in [5.74, 6) is 0.256. The van der Waals surface area contributed by atoms with Gasteiger partial charge in [-0.3, -0.25) is 43.1 Å². The number of carbonyl (C=O) groups is 2. The minimum absolute atomic E-state index is 0.0104. The van der Waals surface area contributed by atoms with E-state index in [4.69, 9.17) is 77.7 Å². The lowest BCUT2D eigenvalue weighted by Gasteiger charge is -2.27. The number of ether oxygens (including phenoxy) is 10. The fourth-order valence-corrected chi connectivity index (χ4v) is 53.6. The number of methoxy groups -OCH3 is 2. The monoisotopic (exact) mass is 2390 g/mol. The third kappa shape index (κ3) is 16.8. The van der Waals surface area contributed by atoms with Gasteiger partial charge >= 0.3 is 11.9 Å². The first-order valence-corrected chi connectivity index (χ1v) is 67.1. The Morgan fingerprint density at radius 2 is 0.950 bits per heavy atom. The fraction of sp³-hybridized carbons (Fsp3) is 0.946. The van der Waals surface area contributed by atoms with Gasteiger partial charge in [0.25, 0.3) is 80.9 Å². The largest absolute Gasteiger partial charge is 0.469 e. The Morgan fingerprint density at radius 3 is 1.44 bits per heavy atom. The molecule has 792 valence electrons. The van der Waals surface area contributed by atoms with Crippen LogP contribution in [0.4, 0.5) is 0 Å². The third-order valence-electron chi connectivity index (χ3n) is 32.8. The lowest BCUT2D eigenvalue weighted by atomic mass is 9.81. The molecule has 2 aliphatic carbocycles. The summed E-state index contributed by atoms with van der Waals surface area (Å²) < 4.78 is 340. The lowest BCUT2D eigenvalue weighted by Crippen LogP contribution is -2.53. The normalized spacial score (nSPS) is 55.4. The topological polar surface area (TPSA) is 623 Å². The molecule has 18 bridgehead atoms. The summed E-state index contributed by atoms with van der Waals surface area (Å²) in [6.07, 6.45) is -2.63. The molecule has 50 atom stereocenters. The van der Waals surface area contributed by atoms with E-state index in [1.165, 1.54) is 7.11 Å². The zero-order chi connectivity index (χ0) is 102. The van der Waals surface area contributed by atoms with Crippen molar-refractivity contribution in [3.05, 3.63) is 0 Å². The van der Waals surface area contributed by atoms with E-state index in [1.54, 1.807) is 0 Å². The Balaban J connectivity index is 0.0000000985. The van der Waals surface area contributed by atoms with Crippen LogP contribution >= 0.6 is 139 Å².